The fourth-order valence-corrected chi connectivity index (χ4v) is 3.32. The molecule has 2 rings (SSSR count). The van der Waals surface area contributed by atoms with E-state index in [1.807, 2.05) is 42.1 Å². The van der Waals surface area contributed by atoms with Crippen LogP contribution in [0.2, 0.25) is 6.82 Å². The van der Waals surface area contributed by atoms with Gasteiger partial charge in [-0.3, -0.25) is 4.79 Å². The lowest BCUT2D eigenvalue weighted by atomic mass is 9.86. The first-order chi connectivity index (χ1) is 11.0. The second kappa shape index (κ2) is 8.15. The lowest BCUT2D eigenvalue weighted by Gasteiger charge is -2.30. The molecule has 3 atom stereocenters. The summed E-state index contributed by atoms with van der Waals surface area (Å²) in [4.78, 5) is 14.1. The number of halogens is 1. The van der Waals surface area contributed by atoms with E-state index in [4.69, 9.17) is 16.5 Å². The summed E-state index contributed by atoms with van der Waals surface area (Å²) in [5.41, 5.74) is 1.08. The minimum absolute atomic E-state index is 0.0475. The Hall–Kier alpha value is -1.08. The van der Waals surface area contributed by atoms with Crippen LogP contribution >= 0.6 is 11.8 Å². The molecule has 1 aromatic carbocycles. The third-order valence-corrected chi connectivity index (χ3v) is 4.95. The Morgan fingerprint density at radius 3 is 2.70 bits per heavy atom. The van der Waals surface area contributed by atoms with Gasteiger partial charge in [0, 0.05) is 19.1 Å². The van der Waals surface area contributed by atoms with Gasteiger partial charge in [0.1, 0.15) is 0 Å². The van der Waals surface area contributed by atoms with E-state index < -0.39 is 7.05 Å². The molecule has 23 heavy (non-hydrogen) atoms. The maximum absolute atomic E-state index is 12.3. The van der Waals surface area contributed by atoms with E-state index in [0.29, 0.717) is 19.7 Å². The maximum atomic E-state index is 12.3. The molecule has 1 aromatic rings. The van der Waals surface area contributed by atoms with Crippen molar-refractivity contribution in [2.45, 2.75) is 32.8 Å². The van der Waals surface area contributed by atoms with Gasteiger partial charge in [-0.25, -0.2) is 4.42 Å². The van der Waals surface area contributed by atoms with Crippen molar-refractivity contribution < 1.29 is 14.6 Å². The molecule has 126 valence electrons. The smallest absolute Gasteiger partial charge is 0.376 e. The normalized spacial score (nSPS) is 23.0. The van der Waals surface area contributed by atoms with Crippen LogP contribution in [0.3, 0.4) is 0 Å². The van der Waals surface area contributed by atoms with Gasteiger partial charge < -0.3 is 14.6 Å². The van der Waals surface area contributed by atoms with Crippen molar-refractivity contribution in [2.75, 3.05) is 19.7 Å². The molecule has 0 amide bonds. The lowest BCUT2D eigenvalue weighted by Crippen LogP contribution is -2.40. The van der Waals surface area contributed by atoms with E-state index >= 15 is 0 Å². The Morgan fingerprint density at radius 1 is 1.48 bits per heavy atom. The fourth-order valence-electron chi connectivity index (χ4n) is 3.01. The number of hydrogen-bond acceptors (Lipinski definition) is 5. The third-order valence-electron chi connectivity index (χ3n) is 4.40. The molecule has 1 fully saturated rings. The summed E-state index contributed by atoms with van der Waals surface area (Å²) >= 11 is 6.60. The highest BCUT2D eigenvalue weighted by atomic mass is 35.5. The molecule has 1 aliphatic rings. The van der Waals surface area contributed by atoms with Gasteiger partial charge in [-0.1, -0.05) is 30.3 Å². The average Bonchev–Trinajstić information content (AvgIpc) is 3.00. The topological polar surface area (TPSA) is 53.0 Å². The van der Waals surface area contributed by atoms with E-state index in [2.05, 4.69) is 0 Å². The molecule has 0 spiro atoms. The Labute approximate surface area is 143 Å². The van der Waals surface area contributed by atoms with Crippen molar-refractivity contribution in [2.24, 2.45) is 5.92 Å². The van der Waals surface area contributed by atoms with Crippen molar-refractivity contribution in [3.63, 3.8) is 0 Å². The van der Waals surface area contributed by atoms with E-state index in [9.17, 15) is 9.82 Å². The number of rotatable bonds is 6. The maximum Gasteiger partial charge on any atom is 0.376 e. The predicted molar refractivity (Wildman–Crippen MR) is 91.9 cm³/mol. The van der Waals surface area contributed by atoms with E-state index in [1.165, 1.54) is 0 Å². The molecule has 0 saturated carbocycles. The molecule has 1 saturated heterocycles. The van der Waals surface area contributed by atoms with Crippen molar-refractivity contribution in [3.05, 3.63) is 35.9 Å². The first kappa shape index (κ1) is 18.3. The Kier molecular flexibility index (Phi) is 6.47. The average molecular weight is 339 g/mol. The quantitative estimate of drug-likeness (QED) is 0.489. The van der Waals surface area contributed by atoms with Crippen LogP contribution in [-0.2, 0) is 9.53 Å². The molecule has 1 aliphatic heterocycles. The van der Waals surface area contributed by atoms with Gasteiger partial charge in [0.05, 0.1) is 18.6 Å². The Balaban J connectivity index is 2.17. The lowest BCUT2D eigenvalue weighted by molar-refractivity contribution is -0.148. The van der Waals surface area contributed by atoms with Gasteiger partial charge in [0.2, 0.25) is 0 Å². The van der Waals surface area contributed by atoms with Gasteiger partial charge in [-0.05, 0) is 38.0 Å². The number of hydrogen-bond donors (Lipinski definition) is 1. The molecular formula is C16H24BClN2O3. The van der Waals surface area contributed by atoms with Gasteiger partial charge in [-0.2, -0.15) is 0 Å². The monoisotopic (exact) mass is 338 g/mol. The molecular weight excluding hydrogens is 314 g/mol. The molecule has 0 radical (unpaired) electrons. The molecule has 5 nitrogen and oxygen atoms in total. The van der Waals surface area contributed by atoms with E-state index in [1.54, 1.807) is 18.2 Å². The minimum Gasteiger partial charge on any atom is -0.466 e. The highest BCUT2D eigenvalue weighted by Gasteiger charge is 2.44. The van der Waals surface area contributed by atoms with Gasteiger partial charge in [-0.15, -0.1) is 0 Å². The fraction of sp³-hybridized carbons (Fsp3) is 0.562. The summed E-state index contributed by atoms with van der Waals surface area (Å²) < 4.78 is 6.88. The Bertz CT molecular complexity index is 517. The molecule has 1 N–H and O–H groups in total. The molecule has 0 unspecified atom stereocenters. The summed E-state index contributed by atoms with van der Waals surface area (Å²) in [5.74, 6) is -0.625. The Morgan fingerprint density at radius 2 is 2.13 bits per heavy atom. The molecule has 0 aromatic heterocycles. The van der Waals surface area contributed by atoms with Crippen LogP contribution in [0.15, 0.2) is 30.3 Å². The molecule has 0 bridgehead atoms. The largest absolute Gasteiger partial charge is 0.466 e. The van der Waals surface area contributed by atoms with Crippen LogP contribution in [0.4, 0.5) is 0 Å². The first-order valence-corrected chi connectivity index (χ1v) is 8.37. The molecule has 1 heterocycles. The zero-order chi connectivity index (χ0) is 17.0. The van der Waals surface area contributed by atoms with Crippen molar-refractivity contribution in [1.29, 1.82) is 0 Å². The number of ether oxygens (including phenoxy) is 1. The predicted octanol–water partition coefficient (Wildman–Crippen LogP) is 2.18. The van der Waals surface area contributed by atoms with Gasteiger partial charge >= 0.3 is 13.0 Å². The molecule has 7 heteroatoms. The standard InChI is InChI=1S/C16H24BClN2O3/c1-4-23-16(21)14-10-19(17(3)22)11-15(14)20(18)12(2)13-8-6-5-7-9-13/h5-9,12,14-15,22H,4,10-11H2,1-3H3/t12-,14+,15+/m0/s1. The van der Waals surface area contributed by atoms with Crippen molar-refractivity contribution >= 4 is 24.8 Å². The first-order valence-electron chi connectivity index (χ1n) is 8.03. The summed E-state index contributed by atoms with van der Waals surface area (Å²) in [6.45, 7) is 6.82. The van der Waals surface area contributed by atoms with Crippen LogP contribution < -0.4 is 0 Å². The second-order valence-electron chi connectivity index (χ2n) is 5.94. The summed E-state index contributed by atoms with van der Waals surface area (Å²) in [6, 6.07) is 9.67. The number of nitrogens with zero attached hydrogens (tertiary/aromatic N) is 2. The van der Waals surface area contributed by atoms with Crippen LogP contribution in [-0.4, -0.2) is 53.0 Å². The third kappa shape index (κ3) is 4.26. The summed E-state index contributed by atoms with van der Waals surface area (Å²) in [6.07, 6.45) is 0. The highest BCUT2D eigenvalue weighted by molar-refractivity contribution is 6.45. The number of carbonyl (C=O) groups is 1. The van der Waals surface area contributed by atoms with Crippen LogP contribution in [0.5, 0.6) is 0 Å². The SMILES string of the molecule is CCOC(=O)[C@@H]1CN(B(C)O)C[C@H]1N(Cl)[C@@H](C)c1ccccc1. The van der Waals surface area contributed by atoms with Crippen LogP contribution in [0.1, 0.15) is 25.5 Å². The molecule has 0 aliphatic carbocycles. The summed E-state index contributed by atoms with van der Waals surface area (Å²) in [7, 11) is -0.617. The zero-order valence-electron chi connectivity index (χ0n) is 13.9. The van der Waals surface area contributed by atoms with Crippen molar-refractivity contribution in [3.8, 4) is 0 Å². The van der Waals surface area contributed by atoms with Gasteiger partial charge in [0.25, 0.3) is 0 Å². The van der Waals surface area contributed by atoms with E-state index in [0.717, 1.165) is 5.56 Å². The number of benzene rings is 1. The zero-order valence-corrected chi connectivity index (χ0v) is 14.6. The minimum atomic E-state index is -0.617. The van der Waals surface area contributed by atoms with Crippen LogP contribution in [0.25, 0.3) is 0 Å². The van der Waals surface area contributed by atoms with Crippen molar-refractivity contribution in [1.82, 2.24) is 9.23 Å². The highest BCUT2D eigenvalue weighted by Crippen LogP contribution is 2.32. The summed E-state index contributed by atoms with van der Waals surface area (Å²) in [5, 5.41) is 9.85. The number of carbonyl (C=O) groups excluding carboxylic acids is 1. The van der Waals surface area contributed by atoms with Gasteiger partial charge in [0.15, 0.2) is 0 Å². The van der Waals surface area contributed by atoms with E-state index in [-0.39, 0.29) is 24.0 Å². The van der Waals surface area contributed by atoms with Crippen LogP contribution in [0, 0.1) is 5.92 Å². The second-order valence-corrected chi connectivity index (χ2v) is 6.33. The number of esters is 1.